The van der Waals surface area contributed by atoms with Crippen molar-refractivity contribution in [1.82, 2.24) is 4.98 Å². The summed E-state index contributed by atoms with van der Waals surface area (Å²) in [5.41, 5.74) is 3.73. The van der Waals surface area contributed by atoms with Crippen molar-refractivity contribution >= 4 is 34.6 Å². The molecule has 144 valence electrons. The van der Waals surface area contributed by atoms with Crippen LogP contribution in [0.15, 0.2) is 36.4 Å². The third-order valence-corrected chi connectivity index (χ3v) is 5.64. The van der Waals surface area contributed by atoms with E-state index in [2.05, 4.69) is 4.98 Å². The highest BCUT2D eigenvalue weighted by molar-refractivity contribution is 7.14. The van der Waals surface area contributed by atoms with Gasteiger partial charge in [-0.2, -0.15) is 0 Å². The van der Waals surface area contributed by atoms with E-state index < -0.39 is 5.97 Å². The number of nitro groups is 1. The Kier molecular flexibility index (Phi) is 5.76. The highest BCUT2D eigenvalue weighted by atomic mass is 35.5. The van der Waals surface area contributed by atoms with E-state index in [1.165, 1.54) is 18.4 Å². The monoisotopic (exact) mass is 416 g/mol. The molecule has 0 unspecified atom stereocenters. The Bertz CT molecular complexity index is 1060. The first-order chi connectivity index (χ1) is 13.3. The zero-order chi connectivity index (χ0) is 20.4. The van der Waals surface area contributed by atoms with Crippen LogP contribution < -0.4 is 0 Å². The zero-order valence-corrected chi connectivity index (χ0v) is 17.1. The highest BCUT2D eigenvalue weighted by Gasteiger charge is 2.21. The lowest BCUT2D eigenvalue weighted by atomic mass is 10.0. The maximum absolute atomic E-state index is 12.2. The van der Waals surface area contributed by atoms with Crippen LogP contribution in [0.3, 0.4) is 0 Å². The minimum Gasteiger partial charge on any atom is -0.465 e. The number of halogens is 1. The van der Waals surface area contributed by atoms with Crippen LogP contribution in [0.25, 0.3) is 11.3 Å². The van der Waals surface area contributed by atoms with E-state index in [0.29, 0.717) is 27.6 Å². The lowest BCUT2D eigenvalue weighted by molar-refractivity contribution is -0.385. The van der Waals surface area contributed by atoms with Crippen LogP contribution in [-0.2, 0) is 11.2 Å². The molecule has 2 aromatic carbocycles. The molecule has 0 N–H and O–H groups in total. The van der Waals surface area contributed by atoms with Crippen LogP contribution >= 0.6 is 22.9 Å². The molecule has 3 rings (SSSR count). The smallest absolute Gasteiger partial charge is 0.350 e. The molecule has 0 aliphatic carbocycles. The molecule has 6 nitrogen and oxygen atoms in total. The SMILES string of the molecule is COC(=O)c1sc(Cc2cc(C)c([N+](=O)[O-])cc2C)nc1-c1ccc(Cl)cc1. The molecule has 0 aliphatic rings. The Morgan fingerprint density at radius 2 is 1.89 bits per heavy atom. The van der Waals surface area contributed by atoms with Crippen molar-refractivity contribution < 1.29 is 14.5 Å². The van der Waals surface area contributed by atoms with Crippen LogP contribution in [0.2, 0.25) is 5.02 Å². The first-order valence-corrected chi connectivity index (χ1v) is 9.58. The molecule has 0 radical (unpaired) electrons. The number of carbonyl (C=O) groups is 1. The molecule has 0 saturated heterocycles. The van der Waals surface area contributed by atoms with Gasteiger partial charge in [0.05, 0.1) is 22.7 Å². The molecule has 0 aliphatic heterocycles. The van der Waals surface area contributed by atoms with E-state index in [4.69, 9.17) is 16.3 Å². The largest absolute Gasteiger partial charge is 0.465 e. The van der Waals surface area contributed by atoms with Gasteiger partial charge >= 0.3 is 5.97 Å². The van der Waals surface area contributed by atoms with Crippen molar-refractivity contribution in [2.24, 2.45) is 0 Å². The van der Waals surface area contributed by atoms with E-state index in [9.17, 15) is 14.9 Å². The van der Waals surface area contributed by atoms with Gasteiger partial charge in [0, 0.05) is 28.6 Å². The molecule has 1 aromatic heterocycles. The molecule has 0 spiro atoms. The Balaban J connectivity index is 2.02. The summed E-state index contributed by atoms with van der Waals surface area (Å²) in [6, 6.07) is 10.4. The van der Waals surface area contributed by atoms with Gasteiger partial charge in [0.15, 0.2) is 0 Å². The van der Waals surface area contributed by atoms with E-state index in [1.54, 1.807) is 43.3 Å². The van der Waals surface area contributed by atoms with Crippen molar-refractivity contribution in [2.75, 3.05) is 7.11 Å². The Morgan fingerprint density at radius 1 is 1.21 bits per heavy atom. The zero-order valence-electron chi connectivity index (χ0n) is 15.5. The first-order valence-electron chi connectivity index (χ1n) is 8.38. The fourth-order valence-corrected chi connectivity index (χ4v) is 4.04. The van der Waals surface area contributed by atoms with E-state index >= 15 is 0 Å². The number of rotatable bonds is 5. The number of hydrogen-bond donors (Lipinski definition) is 0. The predicted octanol–water partition coefficient (Wildman–Crippen LogP) is 5.37. The Hall–Kier alpha value is -2.77. The van der Waals surface area contributed by atoms with Gasteiger partial charge in [0.1, 0.15) is 4.88 Å². The number of benzene rings is 2. The van der Waals surface area contributed by atoms with Gasteiger partial charge in [-0.15, -0.1) is 11.3 Å². The van der Waals surface area contributed by atoms with Crippen LogP contribution in [0.4, 0.5) is 5.69 Å². The molecule has 8 heteroatoms. The van der Waals surface area contributed by atoms with Crippen molar-refractivity contribution in [3.05, 3.63) is 78.1 Å². The van der Waals surface area contributed by atoms with E-state index in [-0.39, 0.29) is 10.6 Å². The first kappa shape index (κ1) is 20.0. The highest BCUT2D eigenvalue weighted by Crippen LogP contribution is 2.32. The Morgan fingerprint density at radius 3 is 2.50 bits per heavy atom. The molecule has 0 atom stereocenters. The van der Waals surface area contributed by atoms with Crippen LogP contribution in [-0.4, -0.2) is 23.0 Å². The number of thiazole rings is 1. The number of aryl methyl sites for hydroxylation is 2. The van der Waals surface area contributed by atoms with Gasteiger partial charge in [0.2, 0.25) is 0 Å². The van der Waals surface area contributed by atoms with Crippen LogP contribution in [0, 0.1) is 24.0 Å². The maximum atomic E-state index is 12.2. The minimum absolute atomic E-state index is 0.0949. The average Bonchev–Trinajstić information content (AvgIpc) is 3.08. The third kappa shape index (κ3) is 4.05. The average molecular weight is 417 g/mol. The van der Waals surface area contributed by atoms with Gasteiger partial charge in [-0.1, -0.05) is 23.7 Å². The lowest BCUT2D eigenvalue weighted by Gasteiger charge is -2.06. The quantitative estimate of drug-likeness (QED) is 0.317. The minimum atomic E-state index is -0.453. The second-order valence-electron chi connectivity index (χ2n) is 6.28. The summed E-state index contributed by atoms with van der Waals surface area (Å²) in [5, 5.41) is 12.4. The van der Waals surface area contributed by atoms with Gasteiger partial charge in [0.25, 0.3) is 5.69 Å². The van der Waals surface area contributed by atoms with E-state index in [1.807, 2.05) is 6.92 Å². The van der Waals surface area contributed by atoms with Crippen molar-refractivity contribution in [1.29, 1.82) is 0 Å². The molecule has 0 saturated carbocycles. The summed E-state index contributed by atoms with van der Waals surface area (Å²) in [7, 11) is 1.33. The fourth-order valence-electron chi connectivity index (χ4n) is 2.89. The molecule has 3 aromatic rings. The van der Waals surface area contributed by atoms with Crippen molar-refractivity contribution in [3.63, 3.8) is 0 Å². The number of nitrogens with zero attached hydrogens (tertiary/aromatic N) is 2. The number of hydrogen-bond acceptors (Lipinski definition) is 6. The third-order valence-electron chi connectivity index (χ3n) is 4.35. The molecular weight excluding hydrogens is 400 g/mol. The molecule has 0 bridgehead atoms. The lowest BCUT2D eigenvalue weighted by Crippen LogP contribution is -2.00. The molecule has 0 fully saturated rings. The number of carbonyl (C=O) groups excluding carboxylic acids is 1. The van der Waals surface area contributed by atoms with Crippen LogP contribution in [0.5, 0.6) is 0 Å². The number of esters is 1. The number of methoxy groups -OCH3 is 1. The summed E-state index contributed by atoms with van der Waals surface area (Å²) >= 11 is 7.21. The fraction of sp³-hybridized carbons (Fsp3) is 0.200. The van der Waals surface area contributed by atoms with Gasteiger partial charge in [-0.05, 0) is 43.2 Å². The van der Waals surface area contributed by atoms with Crippen molar-refractivity contribution in [3.8, 4) is 11.3 Å². The van der Waals surface area contributed by atoms with Crippen LogP contribution in [0.1, 0.15) is 31.4 Å². The maximum Gasteiger partial charge on any atom is 0.350 e. The summed E-state index contributed by atoms with van der Waals surface area (Å²) in [6.07, 6.45) is 0.465. The standard InChI is InChI=1S/C20H17ClN2O4S/c1-11-9-16(23(25)26)12(2)8-14(11)10-17-22-18(19(28-17)20(24)27-3)13-4-6-15(21)7-5-13/h4-9H,10H2,1-3H3. The number of nitro benzene ring substituents is 1. The van der Waals surface area contributed by atoms with Gasteiger partial charge in [-0.25, -0.2) is 9.78 Å². The normalized spacial score (nSPS) is 10.7. The summed E-state index contributed by atoms with van der Waals surface area (Å²) < 4.78 is 4.90. The molecular formula is C20H17ClN2O4S. The topological polar surface area (TPSA) is 82.3 Å². The second kappa shape index (κ2) is 8.08. The summed E-state index contributed by atoms with van der Waals surface area (Å²) in [4.78, 5) is 28.0. The Labute approximate surface area is 170 Å². The molecule has 1 heterocycles. The van der Waals surface area contributed by atoms with Crippen molar-refractivity contribution in [2.45, 2.75) is 20.3 Å². The predicted molar refractivity (Wildman–Crippen MR) is 109 cm³/mol. The molecule has 28 heavy (non-hydrogen) atoms. The molecule has 0 amide bonds. The van der Waals surface area contributed by atoms with Gasteiger partial charge in [-0.3, -0.25) is 10.1 Å². The summed E-state index contributed by atoms with van der Waals surface area (Å²) in [5.74, 6) is -0.453. The van der Waals surface area contributed by atoms with Gasteiger partial charge < -0.3 is 4.74 Å². The second-order valence-corrected chi connectivity index (χ2v) is 7.80. The van der Waals surface area contributed by atoms with E-state index in [0.717, 1.165) is 21.7 Å². The number of aromatic nitrogens is 1. The number of ether oxygens (including phenoxy) is 1. The summed E-state index contributed by atoms with van der Waals surface area (Å²) in [6.45, 7) is 3.54.